The summed E-state index contributed by atoms with van der Waals surface area (Å²) in [5, 5.41) is 0. The predicted molar refractivity (Wildman–Crippen MR) is 116 cm³/mol. The summed E-state index contributed by atoms with van der Waals surface area (Å²) in [4.78, 5) is 0. The van der Waals surface area contributed by atoms with Crippen LogP contribution in [0.1, 0.15) is 96.8 Å². The number of unbranched alkanes of at least 4 members (excludes halogenated alkanes) is 13. The Morgan fingerprint density at radius 3 is 1.24 bits per heavy atom. The van der Waals surface area contributed by atoms with E-state index >= 15 is 0 Å². The van der Waals surface area contributed by atoms with Gasteiger partial charge in [0.25, 0.3) is 0 Å². The molecule has 0 bridgehead atoms. The SMILES string of the molecule is C=CC[N+](C=C)(CC=C)CCCCCCCCCCCCCCCC. The third kappa shape index (κ3) is 14.1. The standard InChI is InChI=1S/C24H46N/c1-5-9-10-11-12-13-14-15-16-17-18-19-20-21-24-25(8-4,22-6-2)23-7-3/h6-8H,2-5,9-24H2,1H3/q+1. The fraction of sp³-hybridized carbons (Fsp3) is 0.750. The highest BCUT2D eigenvalue weighted by molar-refractivity contribution is 4.75. The van der Waals surface area contributed by atoms with E-state index in [0.29, 0.717) is 0 Å². The minimum absolute atomic E-state index is 0.908. The number of hydrogen-bond donors (Lipinski definition) is 0. The van der Waals surface area contributed by atoms with Gasteiger partial charge in [0.1, 0.15) is 13.1 Å². The molecule has 0 amide bonds. The first kappa shape index (κ1) is 24.2. The van der Waals surface area contributed by atoms with Gasteiger partial charge in [0.15, 0.2) is 0 Å². The Labute approximate surface area is 159 Å². The van der Waals surface area contributed by atoms with Crippen molar-refractivity contribution in [3.8, 4) is 0 Å². The zero-order valence-corrected chi connectivity index (χ0v) is 17.3. The molecular formula is C24H46N+. The molecule has 0 aliphatic rings. The van der Waals surface area contributed by atoms with E-state index in [1.165, 1.54) is 96.4 Å². The average Bonchev–Trinajstić information content (AvgIpc) is 2.62. The molecule has 0 unspecified atom stereocenters. The lowest BCUT2D eigenvalue weighted by molar-refractivity contribution is -0.867. The van der Waals surface area contributed by atoms with Crippen LogP contribution < -0.4 is 0 Å². The van der Waals surface area contributed by atoms with Gasteiger partial charge in [-0.15, -0.1) is 0 Å². The maximum absolute atomic E-state index is 4.03. The van der Waals surface area contributed by atoms with Gasteiger partial charge < -0.3 is 0 Å². The molecule has 0 aliphatic carbocycles. The van der Waals surface area contributed by atoms with Crippen molar-refractivity contribution in [1.29, 1.82) is 0 Å². The summed E-state index contributed by atoms with van der Waals surface area (Å²) < 4.78 is 0.908. The fourth-order valence-electron chi connectivity index (χ4n) is 3.63. The van der Waals surface area contributed by atoms with Gasteiger partial charge in [0, 0.05) is 0 Å². The first-order valence-corrected chi connectivity index (χ1v) is 11.0. The summed E-state index contributed by atoms with van der Waals surface area (Å²) in [6.07, 6.45) is 25.9. The van der Waals surface area contributed by atoms with Crippen LogP contribution in [-0.4, -0.2) is 24.1 Å². The Hall–Kier alpha value is -0.820. The second-order valence-corrected chi connectivity index (χ2v) is 7.66. The van der Waals surface area contributed by atoms with E-state index in [4.69, 9.17) is 0 Å². The number of hydrogen-bond acceptors (Lipinski definition) is 0. The third-order valence-corrected chi connectivity index (χ3v) is 5.33. The van der Waals surface area contributed by atoms with Crippen LogP contribution in [0, 0.1) is 0 Å². The zero-order valence-electron chi connectivity index (χ0n) is 17.3. The molecule has 0 aromatic heterocycles. The molecule has 0 spiro atoms. The van der Waals surface area contributed by atoms with E-state index in [2.05, 4.69) is 32.9 Å². The largest absolute Gasteiger partial charge is 0.291 e. The summed E-state index contributed by atoms with van der Waals surface area (Å²) in [7, 11) is 0. The van der Waals surface area contributed by atoms with E-state index in [1.54, 1.807) is 0 Å². The number of nitrogens with zero attached hydrogens (tertiary/aromatic N) is 1. The van der Waals surface area contributed by atoms with Crippen LogP contribution in [0.3, 0.4) is 0 Å². The van der Waals surface area contributed by atoms with Gasteiger partial charge in [-0.1, -0.05) is 97.1 Å². The molecular weight excluding hydrogens is 302 g/mol. The Balaban J connectivity index is 3.46. The Kier molecular flexibility index (Phi) is 17.4. The Bertz CT molecular complexity index is 308. The van der Waals surface area contributed by atoms with Crippen molar-refractivity contribution in [2.45, 2.75) is 96.8 Å². The van der Waals surface area contributed by atoms with Gasteiger partial charge in [0.05, 0.1) is 12.7 Å². The van der Waals surface area contributed by atoms with Gasteiger partial charge in [-0.25, -0.2) is 0 Å². The lowest BCUT2D eigenvalue weighted by Gasteiger charge is -2.32. The van der Waals surface area contributed by atoms with Gasteiger partial charge in [-0.3, -0.25) is 4.48 Å². The van der Waals surface area contributed by atoms with Crippen molar-refractivity contribution in [3.63, 3.8) is 0 Å². The summed E-state index contributed by atoms with van der Waals surface area (Å²) in [5.41, 5.74) is 0. The van der Waals surface area contributed by atoms with Gasteiger partial charge in [-0.2, -0.15) is 0 Å². The third-order valence-electron chi connectivity index (χ3n) is 5.33. The summed E-state index contributed by atoms with van der Waals surface area (Å²) >= 11 is 0. The molecule has 0 saturated heterocycles. The molecule has 0 aliphatic heterocycles. The smallest absolute Gasteiger partial charge is 0.102 e. The summed E-state index contributed by atoms with van der Waals surface area (Å²) in [6.45, 7) is 17.2. The van der Waals surface area contributed by atoms with Crippen LogP contribution in [0.4, 0.5) is 0 Å². The Morgan fingerprint density at radius 1 is 0.560 bits per heavy atom. The predicted octanol–water partition coefficient (Wildman–Crippen LogP) is 7.80. The summed E-state index contributed by atoms with van der Waals surface area (Å²) in [5.74, 6) is 0. The highest BCUT2D eigenvalue weighted by Gasteiger charge is 2.19. The highest BCUT2D eigenvalue weighted by Crippen LogP contribution is 2.15. The van der Waals surface area contributed by atoms with Gasteiger partial charge in [0.2, 0.25) is 0 Å². The van der Waals surface area contributed by atoms with Crippen molar-refractivity contribution in [2.75, 3.05) is 19.6 Å². The molecule has 1 heteroatoms. The van der Waals surface area contributed by atoms with Crippen LogP contribution >= 0.6 is 0 Å². The van der Waals surface area contributed by atoms with Crippen LogP contribution in [0.25, 0.3) is 0 Å². The maximum Gasteiger partial charge on any atom is 0.102 e. The van der Waals surface area contributed by atoms with Crippen molar-refractivity contribution < 1.29 is 4.48 Å². The second-order valence-electron chi connectivity index (χ2n) is 7.66. The number of quaternary nitrogens is 1. The molecule has 0 atom stereocenters. The van der Waals surface area contributed by atoms with Crippen molar-refractivity contribution in [3.05, 3.63) is 38.1 Å². The van der Waals surface area contributed by atoms with Crippen molar-refractivity contribution >= 4 is 0 Å². The molecule has 0 aromatic carbocycles. The first-order valence-electron chi connectivity index (χ1n) is 11.0. The van der Waals surface area contributed by atoms with Crippen LogP contribution in [0.15, 0.2) is 38.1 Å². The molecule has 0 radical (unpaired) electrons. The molecule has 0 saturated carbocycles. The topological polar surface area (TPSA) is 0 Å². The lowest BCUT2D eigenvalue weighted by Crippen LogP contribution is -2.43. The Morgan fingerprint density at radius 2 is 0.920 bits per heavy atom. The van der Waals surface area contributed by atoms with E-state index < -0.39 is 0 Å². The molecule has 0 heterocycles. The zero-order chi connectivity index (χ0) is 18.6. The van der Waals surface area contributed by atoms with E-state index in [0.717, 1.165) is 17.6 Å². The average molecular weight is 349 g/mol. The van der Waals surface area contributed by atoms with E-state index in [-0.39, 0.29) is 0 Å². The minimum atomic E-state index is 0.908. The molecule has 0 N–H and O–H groups in total. The van der Waals surface area contributed by atoms with E-state index in [1.807, 2.05) is 12.2 Å². The van der Waals surface area contributed by atoms with Crippen LogP contribution in [0.5, 0.6) is 0 Å². The lowest BCUT2D eigenvalue weighted by atomic mass is 10.0. The first-order chi connectivity index (χ1) is 12.2. The van der Waals surface area contributed by atoms with Crippen molar-refractivity contribution in [2.24, 2.45) is 0 Å². The maximum atomic E-state index is 4.03. The van der Waals surface area contributed by atoms with Crippen LogP contribution in [0.2, 0.25) is 0 Å². The monoisotopic (exact) mass is 348 g/mol. The van der Waals surface area contributed by atoms with Crippen molar-refractivity contribution in [1.82, 2.24) is 0 Å². The quantitative estimate of drug-likeness (QED) is 0.120. The molecule has 0 aromatic rings. The molecule has 1 nitrogen and oxygen atoms in total. The van der Waals surface area contributed by atoms with E-state index in [9.17, 15) is 0 Å². The summed E-state index contributed by atoms with van der Waals surface area (Å²) in [6, 6.07) is 0. The molecule has 0 fully saturated rings. The van der Waals surface area contributed by atoms with Gasteiger partial charge >= 0.3 is 0 Å². The normalized spacial score (nSPS) is 11.4. The number of rotatable bonds is 20. The molecule has 25 heavy (non-hydrogen) atoms. The minimum Gasteiger partial charge on any atom is -0.291 e. The fourth-order valence-corrected chi connectivity index (χ4v) is 3.63. The molecule has 0 rings (SSSR count). The highest BCUT2D eigenvalue weighted by atomic mass is 15.3. The van der Waals surface area contributed by atoms with Gasteiger partial charge in [-0.05, 0) is 31.6 Å². The molecule has 146 valence electrons. The second kappa shape index (κ2) is 18.0. The van der Waals surface area contributed by atoms with Crippen LogP contribution in [-0.2, 0) is 0 Å².